The number of nitrogens with one attached hydrogen (secondary N) is 3. The van der Waals surface area contributed by atoms with Gasteiger partial charge in [-0.25, -0.2) is 14.0 Å². The van der Waals surface area contributed by atoms with Gasteiger partial charge in [0.25, 0.3) is 0 Å². The molecule has 0 spiro atoms. The largest absolute Gasteiger partial charge is 0.490 e. The van der Waals surface area contributed by atoms with Crippen molar-refractivity contribution in [2.75, 3.05) is 5.32 Å². The molecule has 0 unspecified atom stereocenters. The van der Waals surface area contributed by atoms with Gasteiger partial charge < -0.3 is 21.1 Å². The average Bonchev–Trinajstić information content (AvgIpc) is 2.92. The smallest absolute Gasteiger partial charge is 0.475 e. The molecule has 0 saturated heterocycles. The molecule has 2 aliphatic carbocycles. The lowest BCUT2D eigenvalue weighted by Gasteiger charge is -2.38. The fourth-order valence-electron chi connectivity index (χ4n) is 5.44. The molecule has 0 aliphatic heterocycles. The molecular weight excluding hydrogens is 542 g/mol. The summed E-state index contributed by atoms with van der Waals surface area (Å²) in [5, 5.41) is 17.0. The Morgan fingerprint density at radius 3 is 2.10 bits per heavy atom. The minimum Gasteiger partial charge on any atom is -0.475 e. The Morgan fingerprint density at radius 2 is 1.51 bits per heavy atom. The first-order valence-corrected chi connectivity index (χ1v) is 13.9. The van der Waals surface area contributed by atoms with Crippen molar-refractivity contribution >= 4 is 23.5 Å². The van der Waals surface area contributed by atoms with Crippen molar-refractivity contribution in [2.24, 2.45) is 5.92 Å². The van der Waals surface area contributed by atoms with Gasteiger partial charge in [0.05, 0.1) is 0 Å². The van der Waals surface area contributed by atoms with Crippen molar-refractivity contribution < 1.29 is 37.1 Å². The third-order valence-corrected chi connectivity index (χ3v) is 7.59. The Kier molecular flexibility index (Phi) is 11.7. The molecule has 2 aromatic rings. The van der Waals surface area contributed by atoms with Gasteiger partial charge in [0.2, 0.25) is 0 Å². The first-order chi connectivity index (χ1) is 19.4. The van der Waals surface area contributed by atoms with E-state index in [0.29, 0.717) is 23.2 Å². The number of alkyl halides is 3. The number of urea groups is 1. The van der Waals surface area contributed by atoms with E-state index in [4.69, 9.17) is 9.90 Å². The predicted octanol–water partition coefficient (Wildman–Crippen LogP) is 6.49. The van der Waals surface area contributed by atoms with E-state index in [2.05, 4.69) is 16.0 Å². The van der Waals surface area contributed by atoms with Gasteiger partial charge in [-0.3, -0.25) is 4.79 Å². The standard InChI is InChI=1S/C28H36FN3O2.C2HF3O2/c1-19(33)22-5-4-6-25(18-22)31-28(34)32-27-8-3-2-7-26(27)30-24-15-11-21(12-16-24)17-20-9-13-23(29)14-10-20;3-2(4,5)1(6)7/h4-6,9-10,13-14,18,21,24,26-27,30H,2-3,7-8,11-12,15-17H2,1H3,(H2,31,32,34);(H,6,7)/t21?,24?,26-,27-;/m0./s1. The van der Waals surface area contributed by atoms with E-state index in [0.717, 1.165) is 38.5 Å². The molecule has 0 aromatic heterocycles. The van der Waals surface area contributed by atoms with E-state index in [1.165, 1.54) is 31.7 Å². The van der Waals surface area contributed by atoms with E-state index in [-0.39, 0.29) is 29.7 Å². The zero-order valence-corrected chi connectivity index (χ0v) is 23.0. The summed E-state index contributed by atoms with van der Waals surface area (Å²) in [4.78, 5) is 33.2. The summed E-state index contributed by atoms with van der Waals surface area (Å²) in [6.07, 6.45) is 4.90. The highest BCUT2D eigenvalue weighted by molar-refractivity contribution is 5.96. The SMILES string of the molecule is CC(=O)c1cccc(NC(=O)N[C@H]2CCCC[C@@H]2NC2CCC(Cc3ccc(F)cc3)CC2)c1.O=C(O)C(F)(F)F. The van der Waals surface area contributed by atoms with Crippen LogP contribution in [0.2, 0.25) is 0 Å². The summed E-state index contributed by atoms with van der Waals surface area (Å²) >= 11 is 0. The Balaban J connectivity index is 0.000000587. The molecule has 4 rings (SSSR count). The molecule has 2 aliphatic rings. The highest BCUT2D eigenvalue weighted by atomic mass is 19.4. The summed E-state index contributed by atoms with van der Waals surface area (Å²) in [6.45, 7) is 1.52. The highest BCUT2D eigenvalue weighted by Crippen LogP contribution is 2.29. The maximum atomic E-state index is 13.2. The number of carbonyl (C=O) groups is 3. The number of carbonyl (C=O) groups excluding carboxylic acids is 2. The third-order valence-electron chi connectivity index (χ3n) is 7.59. The highest BCUT2D eigenvalue weighted by Gasteiger charge is 2.38. The fourth-order valence-corrected chi connectivity index (χ4v) is 5.44. The van der Waals surface area contributed by atoms with E-state index in [9.17, 15) is 27.2 Å². The van der Waals surface area contributed by atoms with Crippen molar-refractivity contribution in [2.45, 2.75) is 89.0 Å². The van der Waals surface area contributed by atoms with Gasteiger partial charge >= 0.3 is 18.2 Å². The lowest BCUT2D eigenvalue weighted by atomic mass is 9.81. The molecule has 2 atom stereocenters. The number of Topliss-reactive ketones (excluding diaryl/α,β-unsaturated/α-hetero) is 1. The quantitative estimate of drug-likeness (QED) is 0.222. The van der Waals surface area contributed by atoms with E-state index in [1.54, 1.807) is 36.4 Å². The van der Waals surface area contributed by atoms with E-state index >= 15 is 0 Å². The second-order valence-electron chi connectivity index (χ2n) is 10.8. The van der Waals surface area contributed by atoms with Crippen molar-refractivity contribution in [3.63, 3.8) is 0 Å². The number of carboxylic acids is 1. The van der Waals surface area contributed by atoms with Crippen LogP contribution in [-0.2, 0) is 11.2 Å². The summed E-state index contributed by atoms with van der Waals surface area (Å²) in [5.74, 6) is -2.30. The predicted molar refractivity (Wildman–Crippen MR) is 147 cm³/mol. The topological polar surface area (TPSA) is 108 Å². The molecule has 7 nitrogen and oxygen atoms in total. The molecule has 0 heterocycles. The summed E-state index contributed by atoms with van der Waals surface area (Å²) in [6, 6.07) is 14.6. The van der Waals surface area contributed by atoms with Gasteiger partial charge in [0, 0.05) is 29.4 Å². The van der Waals surface area contributed by atoms with Gasteiger partial charge in [-0.2, -0.15) is 13.2 Å². The minimum absolute atomic E-state index is 0.0204. The molecule has 2 aromatic carbocycles. The number of ketones is 1. The summed E-state index contributed by atoms with van der Waals surface area (Å²) in [7, 11) is 0. The molecule has 41 heavy (non-hydrogen) atoms. The number of carboxylic acid groups (broad SMARTS) is 1. The Bertz CT molecular complexity index is 1170. The normalized spacial score (nSPS) is 22.6. The number of aliphatic carboxylic acids is 1. The van der Waals surface area contributed by atoms with Gasteiger partial charge in [0.1, 0.15) is 5.82 Å². The lowest BCUT2D eigenvalue weighted by molar-refractivity contribution is -0.192. The van der Waals surface area contributed by atoms with Crippen LogP contribution in [-0.4, -0.2) is 47.2 Å². The molecule has 4 N–H and O–H groups in total. The fraction of sp³-hybridized carbons (Fsp3) is 0.500. The number of halogens is 4. The van der Waals surface area contributed by atoms with Crippen molar-refractivity contribution in [3.05, 3.63) is 65.5 Å². The molecule has 0 bridgehead atoms. The summed E-state index contributed by atoms with van der Waals surface area (Å²) < 4.78 is 44.9. The van der Waals surface area contributed by atoms with Crippen LogP contribution < -0.4 is 16.0 Å². The number of hydrogen-bond donors (Lipinski definition) is 4. The zero-order valence-electron chi connectivity index (χ0n) is 23.0. The van der Waals surface area contributed by atoms with Gasteiger partial charge in [-0.15, -0.1) is 0 Å². The maximum absolute atomic E-state index is 13.2. The number of hydrogen-bond acceptors (Lipinski definition) is 4. The van der Waals surface area contributed by atoms with E-state index < -0.39 is 12.1 Å². The van der Waals surface area contributed by atoms with Crippen molar-refractivity contribution in [1.29, 1.82) is 0 Å². The van der Waals surface area contributed by atoms with Crippen LogP contribution in [0.15, 0.2) is 48.5 Å². The Morgan fingerprint density at radius 1 is 0.902 bits per heavy atom. The van der Waals surface area contributed by atoms with E-state index in [1.807, 2.05) is 12.1 Å². The molecule has 0 radical (unpaired) electrons. The lowest BCUT2D eigenvalue weighted by Crippen LogP contribution is -2.55. The first-order valence-electron chi connectivity index (χ1n) is 13.9. The van der Waals surface area contributed by atoms with Crippen molar-refractivity contribution in [3.8, 4) is 0 Å². The average molecular weight is 580 g/mol. The Hall–Kier alpha value is -3.47. The van der Waals surface area contributed by atoms with Crippen LogP contribution in [0.25, 0.3) is 0 Å². The van der Waals surface area contributed by atoms with Gasteiger partial charge in [-0.05, 0) is 87.6 Å². The van der Waals surface area contributed by atoms with Gasteiger partial charge in [0.15, 0.2) is 5.78 Å². The first kappa shape index (κ1) is 32.0. The van der Waals surface area contributed by atoms with Crippen LogP contribution >= 0.6 is 0 Å². The third kappa shape index (κ3) is 10.8. The summed E-state index contributed by atoms with van der Waals surface area (Å²) in [5.41, 5.74) is 2.43. The zero-order chi connectivity index (χ0) is 30.0. The number of amides is 2. The van der Waals surface area contributed by atoms with Crippen LogP contribution in [0, 0.1) is 11.7 Å². The molecule has 11 heteroatoms. The monoisotopic (exact) mass is 579 g/mol. The van der Waals surface area contributed by atoms with Crippen LogP contribution in [0.5, 0.6) is 0 Å². The van der Waals surface area contributed by atoms with Gasteiger partial charge in [-0.1, -0.05) is 37.1 Å². The molecule has 2 fully saturated rings. The maximum Gasteiger partial charge on any atom is 0.490 e. The molecular formula is C30H37F4N3O4. The Labute approximate surface area is 237 Å². The second kappa shape index (κ2) is 15.0. The number of benzene rings is 2. The molecule has 2 saturated carbocycles. The minimum atomic E-state index is -5.08. The van der Waals surface area contributed by atoms with Crippen LogP contribution in [0.3, 0.4) is 0 Å². The second-order valence-corrected chi connectivity index (χ2v) is 10.8. The van der Waals surface area contributed by atoms with Crippen LogP contribution in [0.1, 0.15) is 74.2 Å². The molecule has 2 amide bonds. The number of rotatable bonds is 7. The van der Waals surface area contributed by atoms with Crippen LogP contribution in [0.4, 0.5) is 28.0 Å². The van der Waals surface area contributed by atoms with Crippen molar-refractivity contribution in [1.82, 2.24) is 10.6 Å². The number of anilines is 1. The molecule has 224 valence electrons.